The molecule has 0 saturated heterocycles. The summed E-state index contributed by atoms with van der Waals surface area (Å²) in [6.07, 6.45) is 5.38. The summed E-state index contributed by atoms with van der Waals surface area (Å²) < 4.78 is 0. The number of pyridine rings is 1. The lowest BCUT2D eigenvalue weighted by molar-refractivity contribution is 0.960. The van der Waals surface area contributed by atoms with Crippen LogP contribution in [-0.2, 0) is 0 Å². The minimum absolute atomic E-state index is 0.852. The maximum absolute atomic E-state index is 4.42. The third-order valence-corrected chi connectivity index (χ3v) is 3.84. The molecule has 1 aliphatic rings. The molecular formula is C21H19N3S. The summed E-state index contributed by atoms with van der Waals surface area (Å²) in [5.41, 5.74) is 3.05. The van der Waals surface area contributed by atoms with Gasteiger partial charge in [0.2, 0.25) is 0 Å². The maximum Gasteiger partial charge on any atom is 0.128 e. The smallest absolute Gasteiger partial charge is 0.128 e. The molecule has 1 aliphatic heterocycles. The average Bonchev–Trinajstić information content (AvgIpc) is 3.23. The highest BCUT2D eigenvalue weighted by Crippen LogP contribution is 2.16. The van der Waals surface area contributed by atoms with E-state index in [0.29, 0.717) is 0 Å². The van der Waals surface area contributed by atoms with Gasteiger partial charge in [0.15, 0.2) is 0 Å². The van der Waals surface area contributed by atoms with Gasteiger partial charge in [-0.15, -0.1) is 0 Å². The Bertz CT molecular complexity index is 945. The second-order valence-corrected chi connectivity index (χ2v) is 5.39. The Kier molecular flexibility index (Phi) is 5.71. The Morgan fingerprint density at radius 1 is 0.960 bits per heavy atom. The molecule has 124 valence electrons. The van der Waals surface area contributed by atoms with E-state index in [-0.39, 0.29) is 0 Å². The molecule has 25 heavy (non-hydrogen) atoms. The number of nitrogens with zero attached hydrogens (tertiary/aromatic N) is 2. The predicted octanol–water partition coefficient (Wildman–Crippen LogP) is 3.53. The number of thiol groups is 1. The van der Waals surface area contributed by atoms with Gasteiger partial charge in [-0.25, -0.2) is 0 Å². The first-order valence-corrected chi connectivity index (χ1v) is 8.98. The number of hydrogen-bond acceptors (Lipinski definition) is 4. The highest BCUT2D eigenvalue weighted by molar-refractivity contribution is 7.79. The second-order valence-electron chi connectivity index (χ2n) is 5.39. The number of nitrogens with one attached hydrogen (secondary N) is 1. The SMILES string of the molecule is C(#Cc1cncc2ccccc12)c1ccc(C2=NCCN2)cc1.CS. The lowest BCUT2D eigenvalue weighted by Crippen LogP contribution is -2.19. The molecule has 0 amide bonds. The molecule has 2 aromatic carbocycles. The fourth-order valence-electron chi connectivity index (χ4n) is 2.66. The molecular weight excluding hydrogens is 326 g/mol. The van der Waals surface area contributed by atoms with E-state index in [0.717, 1.165) is 46.4 Å². The van der Waals surface area contributed by atoms with Crippen LogP contribution in [-0.4, -0.2) is 30.2 Å². The Morgan fingerprint density at radius 3 is 2.52 bits per heavy atom. The van der Waals surface area contributed by atoms with Crippen LogP contribution in [0.4, 0.5) is 0 Å². The standard InChI is InChI=1S/C20H15N3.CH4S/c1-2-4-19-17(3-1)13-21-14-18(19)10-7-15-5-8-16(9-6-15)20-22-11-12-23-20;1-2/h1-6,8-9,13-14H,11-12H2,(H,22,23);2H,1H3. The number of hydrogen-bond donors (Lipinski definition) is 2. The van der Waals surface area contributed by atoms with Crippen molar-refractivity contribution in [3.63, 3.8) is 0 Å². The third-order valence-electron chi connectivity index (χ3n) is 3.84. The van der Waals surface area contributed by atoms with Crippen LogP contribution in [0.5, 0.6) is 0 Å². The lowest BCUT2D eigenvalue weighted by Gasteiger charge is -2.01. The van der Waals surface area contributed by atoms with Crippen molar-refractivity contribution in [3.8, 4) is 11.8 Å². The first kappa shape index (κ1) is 17.1. The van der Waals surface area contributed by atoms with Gasteiger partial charge < -0.3 is 5.32 Å². The zero-order valence-corrected chi connectivity index (χ0v) is 14.9. The van der Waals surface area contributed by atoms with Gasteiger partial charge in [0.1, 0.15) is 5.84 Å². The Labute approximate surface area is 153 Å². The van der Waals surface area contributed by atoms with Gasteiger partial charge in [0.05, 0.1) is 12.1 Å². The molecule has 0 atom stereocenters. The van der Waals surface area contributed by atoms with Gasteiger partial charge in [0, 0.05) is 40.8 Å². The van der Waals surface area contributed by atoms with E-state index in [4.69, 9.17) is 0 Å². The highest BCUT2D eigenvalue weighted by atomic mass is 32.1. The van der Waals surface area contributed by atoms with E-state index < -0.39 is 0 Å². The minimum atomic E-state index is 0.852. The summed E-state index contributed by atoms with van der Waals surface area (Å²) in [4.78, 5) is 8.69. The molecule has 0 radical (unpaired) electrons. The molecule has 0 fully saturated rings. The number of amidine groups is 1. The molecule has 2 heterocycles. The Balaban J connectivity index is 0.000000880. The molecule has 1 aromatic heterocycles. The summed E-state index contributed by atoms with van der Waals surface area (Å²) in [6.45, 7) is 1.77. The van der Waals surface area contributed by atoms with E-state index in [9.17, 15) is 0 Å². The van der Waals surface area contributed by atoms with Crippen molar-refractivity contribution in [1.82, 2.24) is 10.3 Å². The number of rotatable bonds is 1. The van der Waals surface area contributed by atoms with E-state index in [1.54, 1.807) is 6.26 Å². The van der Waals surface area contributed by atoms with Gasteiger partial charge in [-0.1, -0.05) is 48.2 Å². The van der Waals surface area contributed by atoms with Crippen LogP contribution < -0.4 is 5.32 Å². The summed E-state index contributed by atoms with van der Waals surface area (Å²) >= 11 is 3.53. The Morgan fingerprint density at radius 2 is 1.76 bits per heavy atom. The molecule has 3 nitrogen and oxygen atoms in total. The van der Waals surface area contributed by atoms with E-state index in [2.05, 4.69) is 64.0 Å². The summed E-state index contributed by atoms with van der Waals surface area (Å²) in [7, 11) is 0. The monoisotopic (exact) mass is 345 g/mol. The van der Waals surface area contributed by atoms with Crippen LogP contribution in [0, 0.1) is 11.8 Å². The zero-order chi connectivity index (χ0) is 17.5. The van der Waals surface area contributed by atoms with Gasteiger partial charge in [-0.05, 0) is 18.4 Å². The van der Waals surface area contributed by atoms with Crippen molar-refractivity contribution < 1.29 is 0 Å². The second kappa shape index (κ2) is 8.36. The molecule has 0 bridgehead atoms. The van der Waals surface area contributed by atoms with Crippen LogP contribution in [0.2, 0.25) is 0 Å². The fraction of sp³-hybridized carbons (Fsp3) is 0.143. The minimum Gasteiger partial charge on any atom is -0.368 e. The average molecular weight is 345 g/mol. The fourth-order valence-corrected chi connectivity index (χ4v) is 2.66. The predicted molar refractivity (Wildman–Crippen MR) is 108 cm³/mol. The van der Waals surface area contributed by atoms with Gasteiger partial charge in [-0.2, -0.15) is 12.6 Å². The van der Waals surface area contributed by atoms with Crippen molar-refractivity contribution >= 4 is 29.2 Å². The molecule has 0 spiro atoms. The summed E-state index contributed by atoms with van der Waals surface area (Å²) in [5, 5.41) is 5.52. The molecule has 0 unspecified atom stereocenters. The largest absolute Gasteiger partial charge is 0.368 e. The van der Waals surface area contributed by atoms with Gasteiger partial charge in [0.25, 0.3) is 0 Å². The van der Waals surface area contributed by atoms with E-state index in [1.807, 2.05) is 36.7 Å². The van der Waals surface area contributed by atoms with Crippen molar-refractivity contribution in [1.29, 1.82) is 0 Å². The molecule has 3 aromatic rings. The first-order valence-electron chi connectivity index (χ1n) is 8.08. The topological polar surface area (TPSA) is 37.3 Å². The molecule has 0 saturated carbocycles. The van der Waals surface area contributed by atoms with Crippen molar-refractivity contribution in [2.24, 2.45) is 4.99 Å². The van der Waals surface area contributed by atoms with E-state index >= 15 is 0 Å². The molecule has 4 rings (SSSR count). The normalized spacial score (nSPS) is 12.3. The van der Waals surface area contributed by atoms with Crippen LogP contribution in [0.3, 0.4) is 0 Å². The summed E-state index contributed by atoms with van der Waals surface area (Å²) in [5.74, 6) is 7.43. The maximum atomic E-state index is 4.42. The van der Waals surface area contributed by atoms with Crippen LogP contribution in [0.25, 0.3) is 10.8 Å². The van der Waals surface area contributed by atoms with E-state index in [1.165, 1.54) is 0 Å². The summed E-state index contributed by atoms with van der Waals surface area (Å²) in [6, 6.07) is 16.3. The molecule has 4 heteroatoms. The van der Waals surface area contributed by atoms with Crippen LogP contribution >= 0.6 is 12.6 Å². The number of aliphatic imine (C=N–C) groups is 1. The van der Waals surface area contributed by atoms with Crippen molar-refractivity contribution in [2.45, 2.75) is 0 Å². The number of aromatic nitrogens is 1. The lowest BCUT2D eigenvalue weighted by atomic mass is 10.1. The number of fused-ring (bicyclic) bond motifs is 1. The zero-order valence-electron chi connectivity index (χ0n) is 14.0. The van der Waals surface area contributed by atoms with Gasteiger partial charge in [-0.3, -0.25) is 9.98 Å². The first-order chi connectivity index (χ1) is 12.4. The van der Waals surface area contributed by atoms with Gasteiger partial charge >= 0.3 is 0 Å². The third kappa shape index (κ3) is 4.01. The highest BCUT2D eigenvalue weighted by Gasteiger charge is 2.06. The Hall–Kier alpha value is -2.77. The van der Waals surface area contributed by atoms with Crippen LogP contribution in [0.1, 0.15) is 16.7 Å². The van der Waals surface area contributed by atoms with Crippen molar-refractivity contribution in [2.75, 3.05) is 19.3 Å². The van der Waals surface area contributed by atoms with Crippen LogP contribution in [0.15, 0.2) is 65.9 Å². The molecule has 1 N–H and O–H groups in total. The number of benzene rings is 2. The van der Waals surface area contributed by atoms with Crippen molar-refractivity contribution in [3.05, 3.63) is 77.6 Å². The quantitative estimate of drug-likeness (QED) is 0.523. The molecule has 0 aliphatic carbocycles.